The number of benzene rings is 2. The van der Waals surface area contributed by atoms with Crippen LogP contribution in [0.3, 0.4) is 0 Å². The lowest BCUT2D eigenvalue weighted by Gasteiger charge is -2.06. The van der Waals surface area contributed by atoms with E-state index in [9.17, 15) is 12.8 Å². The maximum absolute atomic E-state index is 13.3. The van der Waals surface area contributed by atoms with E-state index in [-0.39, 0.29) is 21.8 Å². The minimum Gasteiger partial charge on any atom is -0.223 e. The third-order valence-electron chi connectivity index (χ3n) is 2.60. The summed E-state index contributed by atoms with van der Waals surface area (Å²) in [5.41, 5.74) is 0.353. The molecule has 3 nitrogen and oxygen atoms in total. The summed E-state index contributed by atoms with van der Waals surface area (Å²) in [6, 6.07) is 11.7. The molecule has 0 unspecified atom stereocenters. The van der Waals surface area contributed by atoms with E-state index in [2.05, 4.69) is 15.9 Å². The van der Waals surface area contributed by atoms with Gasteiger partial charge in [-0.15, -0.1) is 0 Å². The zero-order valence-corrected chi connectivity index (χ0v) is 12.6. The molecule has 0 bridgehead atoms. The van der Waals surface area contributed by atoms with E-state index in [1.807, 2.05) is 0 Å². The predicted octanol–water partition coefficient (Wildman–Crippen LogP) is 3.43. The Balaban J connectivity index is 2.39. The standard InChI is InChI=1S/C14H9BrFNO2S/c15-12-2-1-3-14(7-12)20(18,19)9-11-4-10(8-17)5-13(16)6-11/h1-7H,9H2. The molecule has 2 aromatic rings. The van der Waals surface area contributed by atoms with Crippen LogP contribution < -0.4 is 0 Å². The van der Waals surface area contributed by atoms with Gasteiger partial charge in [0.2, 0.25) is 0 Å². The molecule has 102 valence electrons. The molecular weight excluding hydrogens is 345 g/mol. The molecule has 0 radical (unpaired) electrons. The van der Waals surface area contributed by atoms with Crippen molar-refractivity contribution in [1.82, 2.24) is 0 Å². The quantitative estimate of drug-likeness (QED) is 0.849. The Labute approximate surface area is 124 Å². The second-order valence-electron chi connectivity index (χ2n) is 4.18. The molecule has 0 atom stereocenters. The van der Waals surface area contributed by atoms with E-state index in [0.29, 0.717) is 4.47 Å². The van der Waals surface area contributed by atoms with Crippen LogP contribution in [0.2, 0.25) is 0 Å². The Hall–Kier alpha value is -1.71. The van der Waals surface area contributed by atoms with Gasteiger partial charge in [-0.25, -0.2) is 12.8 Å². The van der Waals surface area contributed by atoms with Crippen LogP contribution in [-0.4, -0.2) is 8.42 Å². The number of halogens is 2. The summed E-state index contributed by atoms with van der Waals surface area (Å²) in [6.07, 6.45) is 0. The summed E-state index contributed by atoms with van der Waals surface area (Å²) in [5.74, 6) is -0.973. The van der Waals surface area contributed by atoms with Crippen molar-refractivity contribution in [3.63, 3.8) is 0 Å². The number of hydrogen-bond donors (Lipinski definition) is 0. The molecule has 0 fully saturated rings. The molecule has 0 amide bonds. The third kappa shape index (κ3) is 3.44. The van der Waals surface area contributed by atoms with Crippen molar-refractivity contribution in [3.8, 4) is 6.07 Å². The van der Waals surface area contributed by atoms with E-state index >= 15 is 0 Å². The van der Waals surface area contributed by atoms with Gasteiger partial charge in [-0.05, 0) is 42.0 Å². The molecule has 0 aliphatic heterocycles. The van der Waals surface area contributed by atoms with Crippen molar-refractivity contribution in [1.29, 1.82) is 5.26 Å². The fraction of sp³-hybridized carbons (Fsp3) is 0.0714. The smallest absolute Gasteiger partial charge is 0.182 e. The third-order valence-corrected chi connectivity index (χ3v) is 4.78. The fourth-order valence-electron chi connectivity index (χ4n) is 1.76. The van der Waals surface area contributed by atoms with Crippen LogP contribution in [-0.2, 0) is 15.6 Å². The molecule has 0 spiro atoms. The zero-order valence-electron chi connectivity index (χ0n) is 10.2. The first-order valence-corrected chi connectivity index (χ1v) is 8.03. The summed E-state index contributed by atoms with van der Waals surface area (Å²) in [4.78, 5) is 0.148. The van der Waals surface area contributed by atoms with Crippen LogP contribution in [0.15, 0.2) is 51.8 Å². The largest absolute Gasteiger partial charge is 0.223 e. The highest BCUT2D eigenvalue weighted by Crippen LogP contribution is 2.21. The van der Waals surface area contributed by atoms with E-state index in [4.69, 9.17) is 5.26 Å². The average Bonchev–Trinajstić information content (AvgIpc) is 2.37. The zero-order chi connectivity index (χ0) is 14.8. The molecule has 0 aliphatic rings. The van der Waals surface area contributed by atoms with E-state index in [1.54, 1.807) is 18.2 Å². The number of sulfone groups is 1. The monoisotopic (exact) mass is 353 g/mol. The number of hydrogen-bond acceptors (Lipinski definition) is 3. The van der Waals surface area contributed by atoms with Crippen LogP contribution in [0.1, 0.15) is 11.1 Å². The predicted molar refractivity (Wildman–Crippen MR) is 76.1 cm³/mol. The number of nitrogens with zero attached hydrogens (tertiary/aromatic N) is 1. The van der Waals surface area contributed by atoms with Crippen LogP contribution in [0.25, 0.3) is 0 Å². The summed E-state index contributed by atoms with van der Waals surface area (Å²) in [5, 5.41) is 8.77. The first-order valence-electron chi connectivity index (χ1n) is 5.58. The molecule has 2 aromatic carbocycles. The lowest BCUT2D eigenvalue weighted by Crippen LogP contribution is -2.05. The second kappa shape index (κ2) is 5.73. The highest BCUT2D eigenvalue weighted by atomic mass is 79.9. The summed E-state index contributed by atoms with van der Waals surface area (Å²) in [7, 11) is -3.58. The van der Waals surface area contributed by atoms with Crippen molar-refractivity contribution < 1.29 is 12.8 Å². The van der Waals surface area contributed by atoms with Crippen molar-refractivity contribution in [2.24, 2.45) is 0 Å². The Bertz CT molecular complexity index is 797. The first kappa shape index (κ1) is 14.7. The van der Waals surface area contributed by atoms with Gasteiger partial charge in [-0.2, -0.15) is 5.26 Å². The Morgan fingerprint density at radius 1 is 1.20 bits per heavy atom. The maximum atomic E-state index is 13.3. The van der Waals surface area contributed by atoms with Gasteiger partial charge in [0.1, 0.15) is 5.82 Å². The molecule has 0 saturated heterocycles. The molecule has 0 N–H and O–H groups in total. The van der Waals surface area contributed by atoms with Crippen LogP contribution in [0, 0.1) is 17.1 Å². The SMILES string of the molecule is N#Cc1cc(F)cc(CS(=O)(=O)c2cccc(Br)c2)c1. The van der Waals surface area contributed by atoms with E-state index in [0.717, 1.165) is 12.1 Å². The Kier molecular flexibility index (Phi) is 4.21. The lowest BCUT2D eigenvalue weighted by atomic mass is 10.1. The van der Waals surface area contributed by atoms with Gasteiger partial charge in [0.15, 0.2) is 9.84 Å². The van der Waals surface area contributed by atoms with Crippen molar-refractivity contribution in [3.05, 3.63) is 63.9 Å². The Morgan fingerprint density at radius 2 is 1.95 bits per heavy atom. The molecule has 0 aliphatic carbocycles. The lowest BCUT2D eigenvalue weighted by molar-refractivity contribution is 0.594. The molecular formula is C14H9BrFNO2S. The highest BCUT2D eigenvalue weighted by molar-refractivity contribution is 9.10. The van der Waals surface area contributed by atoms with E-state index < -0.39 is 15.7 Å². The Morgan fingerprint density at radius 3 is 2.60 bits per heavy atom. The van der Waals surface area contributed by atoms with Crippen molar-refractivity contribution in [2.75, 3.05) is 0 Å². The summed E-state index contributed by atoms with van der Waals surface area (Å²) in [6.45, 7) is 0. The molecule has 20 heavy (non-hydrogen) atoms. The number of nitriles is 1. The number of rotatable bonds is 3. The van der Waals surface area contributed by atoms with E-state index in [1.165, 1.54) is 18.2 Å². The molecule has 0 saturated carbocycles. The van der Waals surface area contributed by atoms with Crippen LogP contribution >= 0.6 is 15.9 Å². The summed E-state index contributed by atoms with van der Waals surface area (Å²) < 4.78 is 38.4. The van der Waals surface area contributed by atoms with Crippen LogP contribution in [0.4, 0.5) is 4.39 Å². The van der Waals surface area contributed by atoms with Gasteiger partial charge >= 0.3 is 0 Å². The molecule has 2 rings (SSSR count). The average molecular weight is 354 g/mol. The van der Waals surface area contributed by atoms with Gasteiger partial charge in [0.25, 0.3) is 0 Å². The normalized spacial score (nSPS) is 11.1. The van der Waals surface area contributed by atoms with Gasteiger partial charge < -0.3 is 0 Å². The topological polar surface area (TPSA) is 57.9 Å². The fourth-order valence-corrected chi connectivity index (χ4v) is 3.68. The highest BCUT2D eigenvalue weighted by Gasteiger charge is 2.16. The van der Waals surface area contributed by atoms with Crippen molar-refractivity contribution in [2.45, 2.75) is 10.6 Å². The minimum atomic E-state index is -3.58. The van der Waals surface area contributed by atoms with Gasteiger partial charge in [-0.1, -0.05) is 22.0 Å². The first-order chi connectivity index (χ1) is 9.40. The molecule has 0 heterocycles. The van der Waals surface area contributed by atoms with Gasteiger partial charge in [0.05, 0.1) is 22.3 Å². The van der Waals surface area contributed by atoms with Gasteiger partial charge in [-0.3, -0.25) is 0 Å². The van der Waals surface area contributed by atoms with Crippen molar-refractivity contribution >= 4 is 25.8 Å². The second-order valence-corrected chi connectivity index (χ2v) is 7.08. The van der Waals surface area contributed by atoms with Gasteiger partial charge in [0, 0.05) is 4.47 Å². The molecule has 0 aromatic heterocycles. The summed E-state index contributed by atoms with van der Waals surface area (Å²) >= 11 is 3.21. The van der Waals surface area contributed by atoms with Crippen LogP contribution in [0.5, 0.6) is 0 Å². The molecule has 6 heteroatoms. The minimum absolute atomic E-state index is 0.101. The maximum Gasteiger partial charge on any atom is 0.182 e.